The second-order valence-electron chi connectivity index (χ2n) is 5.71. The number of carbonyl (C=O) groups excluding carboxylic acids is 1. The minimum atomic E-state index is -0.0476. The molecule has 0 saturated heterocycles. The molecule has 4 rings (SSSR count). The van der Waals surface area contributed by atoms with Gasteiger partial charge in [0, 0.05) is 28.4 Å². The number of furan rings is 1. The van der Waals surface area contributed by atoms with Crippen molar-refractivity contribution in [2.75, 3.05) is 11.4 Å². The highest BCUT2D eigenvalue weighted by molar-refractivity contribution is 7.98. The van der Waals surface area contributed by atoms with Crippen LogP contribution in [0.2, 0.25) is 0 Å². The van der Waals surface area contributed by atoms with Gasteiger partial charge >= 0.3 is 0 Å². The second kappa shape index (κ2) is 6.57. The third kappa shape index (κ3) is 2.85. The van der Waals surface area contributed by atoms with E-state index in [0.29, 0.717) is 12.3 Å². The zero-order valence-corrected chi connectivity index (χ0v) is 14.0. The van der Waals surface area contributed by atoms with Gasteiger partial charge in [-0.25, -0.2) is 0 Å². The van der Waals surface area contributed by atoms with Gasteiger partial charge in [-0.3, -0.25) is 4.79 Å². The first-order valence-corrected chi connectivity index (χ1v) is 8.95. The Kier molecular flexibility index (Phi) is 4.13. The number of para-hydroxylation sites is 1. The van der Waals surface area contributed by atoms with Crippen molar-refractivity contribution in [3.8, 4) is 0 Å². The summed E-state index contributed by atoms with van der Waals surface area (Å²) in [5.74, 6) is 1.13. The molecule has 1 aliphatic rings. The number of hydrogen-bond donors (Lipinski definition) is 0. The number of fused-ring (bicyclic) bond motifs is 1. The Balaban J connectivity index is 1.53. The van der Waals surface area contributed by atoms with E-state index < -0.39 is 0 Å². The van der Waals surface area contributed by atoms with Crippen LogP contribution in [0.5, 0.6) is 0 Å². The van der Waals surface area contributed by atoms with Crippen molar-refractivity contribution >= 4 is 23.4 Å². The second-order valence-corrected chi connectivity index (χ2v) is 6.76. The van der Waals surface area contributed by atoms with E-state index in [2.05, 4.69) is 18.2 Å². The van der Waals surface area contributed by atoms with Crippen LogP contribution in [0.25, 0.3) is 0 Å². The molecule has 1 aliphatic heterocycles. The molecule has 2 aromatic carbocycles. The molecule has 2 heterocycles. The van der Waals surface area contributed by atoms with Gasteiger partial charge in [0.1, 0.15) is 0 Å². The number of benzene rings is 2. The molecule has 0 atom stereocenters. The Morgan fingerprint density at radius 2 is 1.83 bits per heavy atom. The highest BCUT2D eigenvalue weighted by atomic mass is 32.2. The fraction of sp³-hybridized carbons (Fsp3) is 0.150. The lowest BCUT2D eigenvalue weighted by Gasteiger charge is -2.16. The molecule has 0 fully saturated rings. The van der Waals surface area contributed by atoms with Gasteiger partial charge in [0.2, 0.25) is 0 Å². The lowest BCUT2D eigenvalue weighted by Crippen LogP contribution is -2.29. The molecule has 3 nitrogen and oxygen atoms in total. The molecule has 120 valence electrons. The average molecular weight is 335 g/mol. The fourth-order valence-electron chi connectivity index (χ4n) is 2.99. The number of anilines is 1. The van der Waals surface area contributed by atoms with Gasteiger partial charge in [0.05, 0.1) is 6.26 Å². The smallest absolute Gasteiger partial charge is 0.294 e. The average Bonchev–Trinajstić information content (AvgIpc) is 3.27. The van der Waals surface area contributed by atoms with Crippen molar-refractivity contribution in [1.82, 2.24) is 0 Å². The Bertz CT molecular complexity index is 857. The van der Waals surface area contributed by atoms with Crippen molar-refractivity contribution in [3.05, 3.63) is 83.8 Å². The van der Waals surface area contributed by atoms with Gasteiger partial charge in [0.25, 0.3) is 5.91 Å². The van der Waals surface area contributed by atoms with Crippen molar-refractivity contribution in [2.24, 2.45) is 0 Å². The Morgan fingerprint density at radius 1 is 1.04 bits per heavy atom. The third-order valence-electron chi connectivity index (χ3n) is 4.21. The predicted octanol–water partition coefficient (Wildman–Crippen LogP) is 4.77. The maximum Gasteiger partial charge on any atom is 0.294 e. The van der Waals surface area contributed by atoms with Crippen LogP contribution in [-0.4, -0.2) is 12.5 Å². The molecule has 1 aromatic heterocycles. The first kappa shape index (κ1) is 15.1. The molecule has 24 heavy (non-hydrogen) atoms. The summed E-state index contributed by atoms with van der Waals surface area (Å²) in [7, 11) is 0. The van der Waals surface area contributed by atoms with Crippen molar-refractivity contribution in [2.45, 2.75) is 17.1 Å². The van der Waals surface area contributed by atoms with E-state index in [4.69, 9.17) is 4.42 Å². The van der Waals surface area contributed by atoms with Crippen LogP contribution in [-0.2, 0) is 12.2 Å². The normalized spacial score (nSPS) is 13.1. The molecule has 0 radical (unpaired) electrons. The van der Waals surface area contributed by atoms with Crippen LogP contribution in [0.4, 0.5) is 5.69 Å². The highest BCUT2D eigenvalue weighted by Crippen LogP contribution is 2.31. The van der Waals surface area contributed by atoms with E-state index in [9.17, 15) is 4.79 Å². The molecule has 0 bridgehead atoms. The fourth-order valence-corrected chi connectivity index (χ4v) is 3.89. The predicted molar refractivity (Wildman–Crippen MR) is 96.5 cm³/mol. The van der Waals surface area contributed by atoms with Gasteiger partial charge in [-0.15, -0.1) is 11.8 Å². The Labute approximate surface area is 145 Å². The number of rotatable bonds is 4. The highest BCUT2D eigenvalue weighted by Gasteiger charge is 2.28. The largest absolute Gasteiger partial charge is 0.459 e. The first-order chi connectivity index (χ1) is 11.8. The standard InChI is InChI=1S/C20H17NO2S/c22-20(21-12-10-15-6-4-5-9-18(15)21)19-16(11-13-23-19)14-24-17-7-2-1-3-8-17/h1-9,11,13H,10,12,14H2. The summed E-state index contributed by atoms with van der Waals surface area (Å²) in [5, 5.41) is 0. The van der Waals surface area contributed by atoms with Gasteiger partial charge in [-0.1, -0.05) is 36.4 Å². The van der Waals surface area contributed by atoms with Crippen LogP contribution < -0.4 is 4.90 Å². The minimum Gasteiger partial charge on any atom is -0.459 e. The van der Waals surface area contributed by atoms with E-state index in [1.807, 2.05) is 47.4 Å². The number of nitrogens with zero attached hydrogens (tertiary/aromatic N) is 1. The van der Waals surface area contributed by atoms with Crippen molar-refractivity contribution in [1.29, 1.82) is 0 Å². The van der Waals surface area contributed by atoms with E-state index >= 15 is 0 Å². The van der Waals surface area contributed by atoms with Crippen molar-refractivity contribution < 1.29 is 9.21 Å². The number of hydrogen-bond acceptors (Lipinski definition) is 3. The topological polar surface area (TPSA) is 33.5 Å². The van der Waals surface area contributed by atoms with Crippen LogP contribution in [0.15, 0.2) is 76.2 Å². The molecule has 4 heteroatoms. The summed E-state index contributed by atoms with van der Waals surface area (Å²) in [5.41, 5.74) is 3.16. The lowest BCUT2D eigenvalue weighted by atomic mass is 10.2. The zero-order chi connectivity index (χ0) is 16.4. The van der Waals surface area contributed by atoms with E-state index in [1.54, 1.807) is 18.0 Å². The summed E-state index contributed by atoms with van der Waals surface area (Å²) < 4.78 is 5.54. The maximum atomic E-state index is 12.9. The van der Waals surface area contributed by atoms with Crippen LogP contribution in [0, 0.1) is 0 Å². The van der Waals surface area contributed by atoms with E-state index in [1.165, 1.54) is 10.5 Å². The minimum absolute atomic E-state index is 0.0476. The monoisotopic (exact) mass is 335 g/mol. The molecule has 0 unspecified atom stereocenters. The van der Waals surface area contributed by atoms with Crippen molar-refractivity contribution in [3.63, 3.8) is 0 Å². The van der Waals surface area contributed by atoms with Gasteiger partial charge in [0.15, 0.2) is 5.76 Å². The molecular formula is C20H17NO2S. The number of amides is 1. The van der Waals surface area contributed by atoms with E-state index in [0.717, 1.165) is 23.4 Å². The molecule has 3 aromatic rings. The lowest BCUT2D eigenvalue weighted by molar-refractivity contribution is 0.0962. The van der Waals surface area contributed by atoms with Crippen LogP contribution in [0.1, 0.15) is 21.7 Å². The Hall–Kier alpha value is -2.46. The van der Waals surface area contributed by atoms with Crippen LogP contribution in [0.3, 0.4) is 0 Å². The first-order valence-electron chi connectivity index (χ1n) is 7.97. The molecule has 0 N–H and O–H groups in total. The quantitative estimate of drug-likeness (QED) is 0.644. The third-order valence-corrected chi connectivity index (χ3v) is 5.27. The summed E-state index contributed by atoms with van der Waals surface area (Å²) in [6, 6.07) is 20.1. The molecule has 0 aliphatic carbocycles. The number of carbonyl (C=O) groups is 1. The SMILES string of the molecule is O=C(c1occc1CSc1ccccc1)N1CCc2ccccc21. The molecular weight excluding hydrogens is 318 g/mol. The van der Waals surface area contributed by atoms with Gasteiger partial charge < -0.3 is 9.32 Å². The van der Waals surface area contributed by atoms with Gasteiger partial charge in [-0.2, -0.15) is 0 Å². The molecule has 0 spiro atoms. The maximum absolute atomic E-state index is 12.9. The van der Waals surface area contributed by atoms with Crippen LogP contribution >= 0.6 is 11.8 Å². The number of thioether (sulfide) groups is 1. The van der Waals surface area contributed by atoms with E-state index in [-0.39, 0.29) is 5.91 Å². The zero-order valence-electron chi connectivity index (χ0n) is 13.1. The molecule has 1 amide bonds. The summed E-state index contributed by atoms with van der Waals surface area (Å²) >= 11 is 1.71. The Morgan fingerprint density at radius 3 is 2.71 bits per heavy atom. The summed E-state index contributed by atoms with van der Waals surface area (Å²) in [4.78, 5) is 15.9. The molecule has 0 saturated carbocycles. The van der Waals surface area contributed by atoms with Gasteiger partial charge in [-0.05, 0) is 36.2 Å². The summed E-state index contributed by atoms with van der Waals surface area (Å²) in [6.45, 7) is 0.712. The summed E-state index contributed by atoms with van der Waals surface area (Å²) in [6.07, 6.45) is 2.51.